The predicted octanol–water partition coefficient (Wildman–Crippen LogP) is 2.79. The summed E-state index contributed by atoms with van der Waals surface area (Å²) in [6.45, 7) is 0.832. The van der Waals surface area contributed by atoms with Gasteiger partial charge < -0.3 is 18.9 Å². The molecular formula is C17H21NO6S. The molecule has 1 aromatic carbocycles. The first-order chi connectivity index (χ1) is 12.0. The fraction of sp³-hybridized carbons (Fsp3) is 0.412. The molecule has 8 heteroatoms. The number of hydrogen-bond acceptors (Lipinski definition) is 7. The van der Waals surface area contributed by atoms with Gasteiger partial charge in [0.2, 0.25) is 5.75 Å². The topological polar surface area (TPSA) is 74.3 Å². The summed E-state index contributed by atoms with van der Waals surface area (Å²) in [5, 5.41) is -0.278. The number of ether oxygens (including phenoxy) is 4. The van der Waals surface area contributed by atoms with Crippen LogP contribution in [-0.2, 0) is 9.53 Å². The van der Waals surface area contributed by atoms with Gasteiger partial charge in [-0.2, -0.15) is 0 Å². The summed E-state index contributed by atoms with van der Waals surface area (Å²) in [6, 6.07) is 3.44. The molecule has 0 N–H and O–H groups in total. The van der Waals surface area contributed by atoms with Crippen LogP contribution in [0.1, 0.15) is 12.0 Å². The summed E-state index contributed by atoms with van der Waals surface area (Å²) >= 11 is 0.916. The number of amides is 2. The molecule has 136 valence electrons. The summed E-state index contributed by atoms with van der Waals surface area (Å²) in [5.74, 6) is 1.12. The molecular weight excluding hydrogens is 346 g/mol. The Balaban J connectivity index is 2.28. The second kappa shape index (κ2) is 8.77. The number of benzene rings is 1. The van der Waals surface area contributed by atoms with E-state index in [0.29, 0.717) is 47.3 Å². The van der Waals surface area contributed by atoms with Crippen molar-refractivity contribution in [1.82, 2.24) is 4.90 Å². The van der Waals surface area contributed by atoms with Gasteiger partial charge in [0, 0.05) is 20.3 Å². The number of hydrogen-bond donors (Lipinski definition) is 0. The van der Waals surface area contributed by atoms with Crippen molar-refractivity contribution in [3.63, 3.8) is 0 Å². The van der Waals surface area contributed by atoms with Crippen LogP contribution in [0.3, 0.4) is 0 Å². The van der Waals surface area contributed by atoms with Gasteiger partial charge in [0.25, 0.3) is 11.1 Å². The monoisotopic (exact) mass is 367 g/mol. The molecule has 7 nitrogen and oxygen atoms in total. The van der Waals surface area contributed by atoms with Crippen LogP contribution in [0.4, 0.5) is 4.79 Å². The summed E-state index contributed by atoms with van der Waals surface area (Å²) in [7, 11) is 6.14. The van der Waals surface area contributed by atoms with E-state index >= 15 is 0 Å². The van der Waals surface area contributed by atoms with Gasteiger partial charge in [0.05, 0.1) is 26.2 Å². The third-order valence-corrected chi connectivity index (χ3v) is 4.50. The second-order valence-electron chi connectivity index (χ2n) is 5.14. The predicted molar refractivity (Wildman–Crippen MR) is 95.3 cm³/mol. The van der Waals surface area contributed by atoms with Crippen molar-refractivity contribution in [2.45, 2.75) is 6.42 Å². The quantitative estimate of drug-likeness (QED) is 0.517. The molecule has 2 amide bonds. The van der Waals surface area contributed by atoms with Crippen molar-refractivity contribution in [2.75, 3.05) is 41.6 Å². The lowest BCUT2D eigenvalue weighted by atomic mass is 10.1. The van der Waals surface area contributed by atoms with Crippen LogP contribution >= 0.6 is 11.8 Å². The SMILES string of the molecule is COCCCN1C(=O)S/C(=C/c2cc(OC)c(OC)c(OC)c2)C1=O. The summed E-state index contributed by atoms with van der Waals surface area (Å²) in [6.07, 6.45) is 2.25. The van der Waals surface area contributed by atoms with E-state index in [0.717, 1.165) is 11.8 Å². The highest BCUT2D eigenvalue weighted by atomic mass is 32.2. The Labute approximate surface area is 150 Å². The summed E-state index contributed by atoms with van der Waals surface area (Å²) in [5.41, 5.74) is 0.678. The third kappa shape index (κ3) is 4.26. The van der Waals surface area contributed by atoms with Crippen molar-refractivity contribution < 1.29 is 28.5 Å². The van der Waals surface area contributed by atoms with Crippen LogP contribution in [0.2, 0.25) is 0 Å². The summed E-state index contributed by atoms with van der Waals surface area (Å²) < 4.78 is 20.8. The molecule has 0 aromatic heterocycles. The minimum absolute atomic E-state index is 0.278. The normalized spacial score (nSPS) is 15.8. The number of carbonyl (C=O) groups is 2. The molecule has 1 saturated heterocycles. The Morgan fingerprint density at radius 2 is 1.68 bits per heavy atom. The fourth-order valence-corrected chi connectivity index (χ4v) is 3.26. The van der Waals surface area contributed by atoms with Gasteiger partial charge in [-0.25, -0.2) is 0 Å². The van der Waals surface area contributed by atoms with Gasteiger partial charge >= 0.3 is 0 Å². The number of nitrogens with zero attached hydrogens (tertiary/aromatic N) is 1. The molecule has 1 fully saturated rings. The number of rotatable bonds is 8. The van der Waals surface area contributed by atoms with Gasteiger partial charge in [-0.1, -0.05) is 0 Å². The molecule has 1 aliphatic heterocycles. The average molecular weight is 367 g/mol. The van der Waals surface area contributed by atoms with Crippen molar-refractivity contribution in [2.24, 2.45) is 0 Å². The molecule has 0 spiro atoms. The first kappa shape index (κ1) is 19.1. The van der Waals surface area contributed by atoms with Crippen LogP contribution in [0.25, 0.3) is 6.08 Å². The molecule has 1 aliphatic rings. The van der Waals surface area contributed by atoms with Crippen molar-refractivity contribution in [3.8, 4) is 17.2 Å². The van der Waals surface area contributed by atoms with Crippen LogP contribution < -0.4 is 14.2 Å². The zero-order valence-corrected chi connectivity index (χ0v) is 15.5. The van der Waals surface area contributed by atoms with E-state index in [-0.39, 0.29) is 11.1 Å². The minimum Gasteiger partial charge on any atom is -0.493 e. The lowest BCUT2D eigenvalue weighted by molar-refractivity contribution is -0.122. The Bertz CT molecular complexity index is 663. The summed E-state index contributed by atoms with van der Waals surface area (Å²) in [4.78, 5) is 26.1. The van der Waals surface area contributed by atoms with E-state index in [4.69, 9.17) is 18.9 Å². The smallest absolute Gasteiger partial charge is 0.293 e. The molecule has 0 unspecified atom stereocenters. The Morgan fingerprint density at radius 3 is 2.20 bits per heavy atom. The third-order valence-electron chi connectivity index (χ3n) is 3.59. The van der Waals surface area contributed by atoms with E-state index in [1.54, 1.807) is 25.3 Å². The van der Waals surface area contributed by atoms with Gasteiger partial charge in [0.15, 0.2) is 11.5 Å². The van der Waals surface area contributed by atoms with E-state index in [1.165, 1.54) is 26.2 Å². The molecule has 25 heavy (non-hydrogen) atoms. The Hall–Kier alpha value is -2.19. The van der Waals surface area contributed by atoms with Gasteiger partial charge in [0.1, 0.15) is 0 Å². The molecule has 0 saturated carbocycles. The Kier molecular flexibility index (Phi) is 6.72. The molecule has 0 aliphatic carbocycles. The van der Waals surface area contributed by atoms with Crippen LogP contribution in [0.15, 0.2) is 17.0 Å². The molecule has 1 heterocycles. The molecule has 2 rings (SSSR count). The number of imide groups is 1. The van der Waals surface area contributed by atoms with Gasteiger partial charge in [-0.05, 0) is 42.0 Å². The zero-order chi connectivity index (χ0) is 18.4. The highest BCUT2D eigenvalue weighted by Gasteiger charge is 2.34. The lowest BCUT2D eigenvalue weighted by Gasteiger charge is -2.13. The number of thioether (sulfide) groups is 1. The first-order valence-electron chi connectivity index (χ1n) is 7.60. The highest BCUT2D eigenvalue weighted by molar-refractivity contribution is 8.18. The maximum atomic E-state index is 12.4. The van der Waals surface area contributed by atoms with Crippen molar-refractivity contribution in [1.29, 1.82) is 0 Å². The van der Waals surface area contributed by atoms with Crippen LogP contribution in [0, 0.1) is 0 Å². The van der Waals surface area contributed by atoms with Crippen LogP contribution in [0.5, 0.6) is 17.2 Å². The fourth-order valence-electron chi connectivity index (χ4n) is 2.40. The van der Waals surface area contributed by atoms with E-state index < -0.39 is 0 Å². The lowest BCUT2D eigenvalue weighted by Crippen LogP contribution is -2.29. The highest BCUT2D eigenvalue weighted by Crippen LogP contribution is 2.40. The standard InChI is InChI=1S/C17H21NO6S/c1-21-7-5-6-18-16(19)14(25-17(18)20)10-11-8-12(22-2)15(24-4)13(9-11)23-3/h8-10H,5-7H2,1-4H3/b14-10+. The molecule has 0 radical (unpaired) electrons. The second-order valence-corrected chi connectivity index (χ2v) is 6.13. The van der Waals surface area contributed by atoms with E-state index in [2.05, 4.69) is 0 Å². The van der Waals surface area contributed by atoms with Gasteiger partial charge in [-0.3, -0.25) is 14.5 Å². The van der Waals surface area contributed by atoms with Crippen molar-refractivity contribution in [3.05, 3.63) is 22.6 Å². The zero-order valence-electron chi connectivity index (χ0n) is 14.7. The van der Waals surface area contributed by atoms with E-state index in [1.807, 2.05) is 0 Å². The van der Waals surface area contributed by atoms with Crippen LogP contribution in [-0.4, -0.2) is 57.6 Å². The Morgan fingerprint density at radius 1 is 1.04 bits per heavy atom. The first-order valence-corrected chi connectivity index (χ1v) is 8.41. The average Bonchev–Trinajstić information content (AvgIpc) is 2.88. The molecule has 0 bridgehead atoms. The minimum atomic E-state index is -0.306. The molecule has 0 atom stereocenters. The van der Waals surface area contributed by atoms with Crippen molar-refractivity contribution >= 4 is 29.0 Å². The van der Waals surface area contributed by atoms with E-state index in [9.17, 15) is 9.59 Å². The molecule has 1 aromatic rings. The van der Waals surface area contributed by atoms with Gasteiger partial charge in [-0.15, -0.1) is 0 Å². The maximum Gasteiger partial charge on any atom is 0.293 e. The largest absolute Gasteiger partial charge is 0.493 e. The number of methoxy groups -OCH3 is 4. The maximum absolute atomic E-state index is 12.4. The number of carbonyl (C=O) groups excluding carboxylic acids is 2.